The van der Waals surface area contributed by atoms with Gasteiger partial charge in [0.05, 0.1) is 11.8 Å². The maximum Gasteiger partial charge on any atom is 0.307 e. The molecule has 3 unspecified atom stereocenters. The van der Waals surface area contributed by atoms with Gasteiger partial charge in [-0.15, -0.1) is 0 Å². The van der Waals surface area contributed by atoms with Gasteiger partial charge in [-0.05, 0) is 18.8 Å². The van der Waals surface area contributed by atoms with Gasteiger partial charge in [-0.25, -0.2) is 5.01 Å². The number of carbonyl (C=O) groups is 2. The predicted octanol–water partition coefficient (Wildman–Crippen LogP) is 0.716. The molecule has 0 heterocycles. The second kappa shape index (κ2) is 5.30. The van der Waals surface area contributed by atoms with E-state index in [9.17, 15) is 9.59 Å². The lowest BCUT2D eigenvalue weighted by Crippen LogP contribution is -2.42. The summed E-state index contributed by atoms with van der Waals surface area (Å²) in [6.07, 6.45) is 2.25. The molecule has 2 N–H and O–H groups in total. The fraction of sp³-hybridized carbons (Fsp3) is 0.818. The summed E-state index contributed by atoms with van der Waals surface area (Å²) in [7, 11) is 3.44. The van der Waals surface area contributed by atoms with E-state index in [1.54, 1.807) is 19.1 Å². The summed E-state index contributed by atoms with van der Waals surface area (Å²) in [6, 6.07) is 0. The third kappa shape index (κ3) is 2.95. The lowest BCUT2D eigenvalue weighted by Gasteiger charge is -2.18. The van der Waals surface area contributed by atoms with Crippen LogP contribution in [0, 0.1) is 17.8 Å². The van der Waals surface area contributed by atoms with E-state index < -0.39 is 11.9 Å². The number of rotatable bonds is 4. The van der Waals surface area contributed by atoms with Gasteiger partial charge < -0.3 is 5.11 Å². The van der Waals surface area contributed by atoms with E-state index in [4.69, 9.17) is 5.11 Å². The lowest BCUT2D eigenvalue weighted by molar-refractivity contribution is -0.147. The van der Waals surface area contributed by atoms with Crippen LogP contribution in [0.2, 0.25) is 0 Å². The van der Waals surface area contributed by atoms with E-state index in [1.807, 2.05) is 6.92 Å². The molecule has 1 fully saturated rings. The smallest absolute Gasteiger partial charge is 0.307 e. The fourth-order valence-electron chi connectivity index (χ4n) is 2.34. The van der Waals surface area contributed by atoms with Crippen molar-refractivity contribution in [3.63, 3.8) is 0 Å². The van der Waals surface area contributed by atoms with Crippen LogP contribution in [-0.4, -0.2) is 36.1 Å². The average molecular weight is 228 g/mol. The molecular formula is C11H20N2O3. The number of hydrogen-bond donors (Lipinski definition) is 2. The van der Waals surface area contributed by atoms with Crippen molar-refractivity contribution >= 4 is 11.9 Å². The molecule has 1 aliphatic carbocycles. The highest BCUT2D eigenvalue weighted by Gasteiger charge is 2.42. The second-order valence-corrected chi connectivity index (χ2v) is 4.67. The molecule has 5 nitrogen and oxygen atoms in total. The monoisotopic (exact) mass is 228 g/mol. The van der Waals surface area contributed by atoms with Gasteiger partial charge in [0, 0.05) is 14.1 Å². The molecule has 92 valence electrons. The first kappa shape index (κ1) is 13.0. The zero-order valence-corrected chi connectivity index (χ0v) is 10.1. The second-order valence-electron chi connectivity index (χ2n) is 4.67. The van der Waals surface area contributed by atoms with Crippen LogP contribution >= 0.6 is 0 Å². The largest absolute Gasteiger partial charge is 0.481 e. The number of nitrogens with zero attached hydrogens (tertiary/aromatic N) is 1. The molecule has 1 amide bonds. The average Bonchev–Trinajstić information content (AvgIpc) is 2.60. The minimum absolute atomic E-state index is 0.173. The molecule has 0 spiro atoms. The maximum absolute atomic E-state index is 11.8. The topological polar surface area (TPSA) is 69.6 Å². The first-order chi connectivity index (χ1) is 7.45. The number of amides is 1. The standard InChI is InChI=1S/C11H20N2O3/c1-4-7-5-8(9(6-7)11(15)16)10(14)12-13(2)3/h7-9H,4-6H2,1-3H3,(H,12,14)(H,15,16). The van der Waals surface area contributed by atoms with E-state index in [1.165, 1.54) is 0 Å². The van der Waals surface area contributed by atoms with Crippen molar-refractivity contribution in [3.05, 3.63) is 0 Å². The van der Waals surface area contributed by atoms with Crippen LogP contribution in [0.4, 0.5) is 0 Å². The summed E-state index contributed by atoms with van der Waals surface area (Å²) in [5, 5.41) is 10.6. The Bertz CT molecular complexity index is 278. The maximum atomic E-state index is 11.8. The molecule has 1 saturated carbocycles. The van der Waals surface area contributed by atoms with Gasteiger partial charge in [-0.3, -0.25) is 15.0 Å². The predicted molar refractivity (Wildman–Crippen MR) is 59.5 cm³/mol. The van der Waals surface area contributed by atoms with Crippen molar-refractivity contribution < 1.29 is 14.7 Å². The normalized spacial score (nSPS) is 29.4. The van der Waals surface area contributed by atoms with Crippen LogP contribution in [-0.2, 0) is 9.59 Å². The summed E-state index contributed by atoms with van der Waals surface area (Å²) >= 11 is 0. The van der Waals surface area contributed by atoms with Gasteiger partial charge in [0.2, 0.25) is 5.91 Å². The molecule has 0 aromatic rings. The van der Waals surface area contributed by atoms with Gasteiger partial charge in [0.1, 0.15) is 0 Å². The Morgan fingerprint density at radius 3 is 2.31 bits per heavy atom. The van der Waals surface area contributed by atoms with Crippen molar-refractivity contribution in [2.24, 2.45) is 17.8 Å². The highest BCUT2D eigenvalue weighted by molar-refractivity contribution is 5.85. The highest BCUT2D eigenvalue weighted by atomic mass is 16.4. The molecule has 16 heavy (non-hydrogen) atoms. The Balaban J connectivity index is 2.69. The van der Waals surface area contributed by atoms with Crippen molar-refractivity contribution in [2.45, 2.75) is 26.2 Å². The zero-order valence-electron chi connectivity index (χ0n) is 10.1. The van der Waals surface area contributed by atoms with Crippen molar-refractivity contribution in [3.8, 4) is 0 Å². The summed E-state index contributed by atoms with van der Waals surface area (Å²) < 4.78 is 0. The quantitative estimate of drug-likeness (QED) is 0.695. The third-order valence-electron chi connectivity index (χ3n) is 3.23. The summed E-state index contributed by atoms with van der Waals surface area (Å²) in [6.45, 7) is 2.04. The Morgan fingerprint density at radius 1 is 1.31 bits per heavy atom. The molecule has 0 aromatic heterocycles. The first-order valence-electron chi connectivity index (χ1n) is 5.66. The van der Waals surface area contributed by atoms with Crippen molar-refractivity contribution in [1.82, 2.24) is 10.4 Å². The van der Waals surface area contributed by atoms with Crippen LogP contribution in [0.5, 0.6) is 0 Å². The van der Waals surface area contributed by atoms with Crippen LogP contribution in [0.25, 0.3) is 0 Å². The number of carboxylic acids is 1. The minimum Gasteiger partial charge on any atom is -0.481 e. The van der Waals surface area contributed by atoms with Gasteiger partial charge in [0.15, 0.2) is 0 Å². The molecule has 0 saturated heterocycles. The van der Waals surface area contributed by atoms with Crippen LogP contribution in [0.1, 0.15) is 26.2 Å². The fourth-order valence-corrected chi connectivity index (χ4v) is 2.34. The van der Waals surface area contributed by atoms with Gasteiger partial charge >= 0.3 is 5.97 Å². The molecule has 1 rings (SSSR count). The summed E-state index contributed by atoms with van der Waals surface area (Å²) in [5.41, 5.74) is 2.65. The highest BCUT2D eigenvalue weighted by Crippen LogP contribution is 2.38. The molecule has 1 aliphatic rings. The number of carboxylic acid groups (broad SMARTS) is 1. The van der Waals surface area contributed by atoms with E-state index in [2.05, 4.69) is 5.43 Å². The minimum atomic E-state index is -0.852. The van der Waals surface area contributed by atoms with Gasteiger partial charge in [-0.1, -0.05) is 13.3 Å². The van der Waals surface area contributed by atoms with E-state index in [-0.39, 0.29) is 11.8 Å². The number of hydrazine groups is 1. The number of hydrogen-bond acceptors (Lipinski definition) is 3. The van der Waals surface area contributed by atoms with E-state index in [0.29, 0.717) is 18.8 Å². The Morgan fingerprint density at radius 2 is 1.88 bits per heavy atom. The SMILES string of the molecule is CCC1CC(C(=O)O)C(C(=O)NN(C)C)C1. The van der Waals surface area contributed by atoms with Gasteiger partial charge in [0.25, 0.3) is 0 Å². The Kier molecular flexibility index (Phi) is 4.29. The molecule has 0 bridgehead atoms. The van der Waals surface area contributed by atoms with E-state index >= 15 is 0 Å². The number of nitrogens with one attached hydrogen (secondary N) is 1. The van der Waals surface area contributed by atoms with Crippen molar-refractivity contribution in [1.29, 1.82) is 0 Å². The lowest BCUT2D eigenvalue weighted by atomic mass is 9.96. The molecule has 5 heteroatoms. The third-order valence-corrected chi connectivity index (χ3v) is 3.23. The molecule has 0 radical (unpaired) electrons. The zero-order chi connectivity index (χ0) is 12.3. The van der Waals surface area contributed by atoms with Crippen molar-refractivity contribution in [2.75, 3.05) is 14.1 Å². The summed E-state index contributed by atoms with van der Waals surface area (Å²) in [4.78, 5) is 22.9. The Hall–Kier alpha value is -1.10. The Labute approximate surface area is 95.8 Å². The van der Waals surface area contributed by atoms with Crippen LogP contribution < -0.4 is 5.43 Å². The van der Waals surface area contributed by atoms with Crippen LogP contribution in [0.15, 0.2) is 0 Å². The van der Waals surface area contributed by atoms with Gasteiger partial charge in [-0.2, -0.15) is 0 Å². The molecular weight excluding hydrogens is 208 g/mol. The van der Waals surface area contributed by atoms with E-state index in [0.717, 1.165) is 6.42 Å². The number of carbonyl (C=O) groups excluding carboxylic acids is 1. The molecule has 0 aromatic carbocycles. The first-order valence-corrected chi connectivity index (χ1v) is 5.66. The van der Waals surface area contributed by atoms with Crippen LogP contribution in [0.3, 0.4) is 0 Å². The number of aliphatic carboxylic acids is 1. The molecule has 3 atom stereocenters. The summed E-state index contributed by atoms with van der Waals surface area (Å²) in [5.74, 6) is -1.57. The molecule has 0 aliphatic heterocycles.